The molecule has 24 heavy (non-hydrogen) atoms. The first-order valence-corrected chi connectivity index (χ1v) is 8.59. The molecule has 0 aliphatic carbocycles. The Kier molecular flexibility index (Phi) is 3.74. The van der Waals surface area contributed by atoms with Gasteiger partial charge in [0, 0.05) is 28.7 Å². The Morgan fingerprint density at radius 3 is 2.79 bits per heavy atom. The minimum atomic E-state index is 0.562. The summed E-state index contributed by atoms with van der Waals surface area (Å²) in [6.45, 7) is 4.97. The Morgan fingerprint density at radius 1 is 1.12 bits per heavy atom. The van der Waals surface area contributed by atoms with Crippen molar-refractivity contribution in [2.24, 2.45) is 0 Å². The molecule has 0 bridgehead atoms. The van der Waals surface area contributed by atoms with Crippen LogP contribution in [0.4, 0.5) is 0 Å². The van der Waals surface area contributed by atoms with Crippen molar-refractivity contribution < 1.29 is 4.52 Å². The van der Waals surface area contributed by atoms with Crippen LogP contribution in [0.15, 0.2) is 53.2 Å². The zero-order chi connectivity index (χ0) is 16.5. The number of aryl methyl sites for hydroxylation is 2. The first-order valence-electron chi connectivity index (χ1n) is 7.77. The van der Waals surface area contributed by atoms with Gasteiger partial charge in [-0.05, 0) is 38.1 Å². The summed E-state index contributed by atoms with van der Waals surface area (Å²) in [5, 5.41) is 8.46. The zero-order valence-electron chi connectivity index (χ0n) is 13.4. The molecule has 1 aromatic carbocycles. The molecule has 120 valence electrons. The van der Waals surface area contributed by atoms with Crippen molar-refractivity contribution in [1.29, 1.82) is 0 Å². The summed E-state index contributed by atoms with van der Waals surface area (Å²) in [7, 11) is 0. The number of rotatable bonds is 4. The molecule has 3 heterocycles. The van der Waals surface area contributed by atoms with E-state index in [1.165, 1.54) is 4.88 Å². The molecule has 4 aromatic rings. The van der Waals surface area contributed by atoms with Gasteiger partial charge in [0.15, 0.2) is 0 Å². The molecule has 6 heteroatoms. The Bertz CT molecular complexity index is 982. The van der Waals surface area contributed by atoms with Crippen molar-refractivity contribution >= 4 is 11.3 Å². The number of hydrogen-bond acceptors (Lipinski definition) is 5. The van der Waals surface area contributed by atoms with Gasteiger partial charge in [-0.1, -0.05) is 23.4 Å². The highest BCUT2D eigenvalue weighted by Gasteiger charge is 2.13. The summed E-state index contributed by atoms with van der Waals surface area (Å²) in [6, 6.07) is 14.2. The number of aromatic nitrogens is 4. The van der Waals surface area contributed by atoms with Crippen molar-refractivity contribution in [3.63, 3.8) is 0 Å². The van der Waals surface area contributed by atoms with Crippen LogP contribution in [0.5, 0.6) is 0 Å². The molecule has 0 fully saturated rings. The van der Waals surface area contributed by atoms with Gasteiger partial charge in [-0.25, -0.2) is 0 Å². The molecule has 5 nitrogen and oxygen atoms in total. The van der Waals surface area contributed by atoms with Crippen LogP contribution in [-0.4, -0.2) is 19.9 Å². The Balaban J connectivity index is 1.70. The van der Waals surface area contributed by atoms with Crippen molar-refractivity contribution in [2.75, 3.05) is 0 Å². The fourth-order valence-corrected chi connectivity index (χ4v) is 3.43. The number of thiophene rings is 1. The number of hydrogen-bond donors (Lipinski definition) is 0. The van der Waals surface area contributed by atoms with Crippen LogP contribution in [0.25, 0.3) is 33.4 Å². The second kappa shape index (κ2) is 6.05. The standard InChI is InChI=1S/C18H16N4OS/c1-3-22-15(9-10-19-22)13-5-4-6-14(11-13)17-20-18(23-21-17)16-8-7-12(2)24-16/h4-11H,3H2,1-2H3. The van der Waals surface area contributed by atoms with E-state index in [9.17, 15) is 0 Å². The Labute approximate surface area is 143 Å². The van der Waals surface area contributed by atoms with E-state index >= 15 is 0 Å². The predicted octanol–water partition coefficient (Wildman–Crippen LogP) is 4.66. The molecule has 0 saturated carbocycles. The van der Waals surface area contributed by atoms with Gasteiger partial charge in [0.1, 0.15) is 0 Å². The normalized spacial score (nSPS) is 11.1. The van der Waals surface area contributed by atoms with Crippen molar-refractivity contribution in [3.8, 4) is 33.4 Å². The fourth-order valence-electron chi connectivity index (χ4n) is 2.64. The van der Waals surface area contributed by atoms with Crippen LogP contribution in [0.3, 0.4) is 0 Å². The number of benzene rings is 1. The van der Waals surface area contributed by atoms with Crippen LogP contribution in [-0.2, 0) is 6.54 Å². The fraction of sp³-hybridized carbons (Fsp3) is 0.167. The van der Waals surface area contributed by atoms with E-state index in [2.05, 4.69) is 47.3 Å². The highest BCUT2D eigenvalue weighted by atomic mass is 32.1. The van der Waals surface area contributed by atoms with Crippen molar-refractivity contribution in [1.82, 2.24) is 19.9 Å². The minimum absolute atomic E-state index is 0.562. The predicted molar refractivity (Wildman–Crippen MR) is 94.7 cm³/mol. The maximum absolute atomic E-state index is 5.43. The molecular formula is C18H16N4OS. The summed E-state index contributed by atoms with van der Waals surface area (Å²) in [5.74, 6) is 1.16. The molecule has 3 aromatic heterocycles. The van der Waals surface area contributed by atoms with Gasteiger partial charge in [0.05, 0.1) is 10.6 Å². The number of nitrogens with zero attached hydrogens (tertiary/aromatic N) is 4. The van der Waals surface area contributed by atoms with E-state index < -0.39 is 0 Å². The lowest BCUT2D eigenvalue weighted by Crippen LogP contribution is -1.98. The molecule has 0 atom stereocenters. The Hall–Kier alpha value is -2.73. The van der Waals surface area contributed by atoms with E-state index in [0.29, 0.717) is 11.7 Å². The molecule has 0 aliphatic rings. The second-order valence-corrected chi connectivity index (χ2v) is 6.73. The average Bonchev–Trinajstić information content (AvgIpc) is 3.34. The topological polar surface area (TPSA) is 56.7 Å². The third kappa shape index (κ3) is 2.65. The zero-order valence-corrected chi connectivity index (χ0v) is 14.2. The molecule has 4 rings (SSSR count). The highest BCUT2D eigenvalue weighted by molar-refractivity contribution is 7.15. The SMILES string of the molecule is CCn1nccc1-c1cccc(-c2noc(-c3ccc(C)s3)n2)c1. The first-order chi connectivity index (χ1) is 11.7. The smallest absolute Gasteiger partial charge is 0.268 e. The summed E-state index contributed by atoms with van der Waals surface area (Å²) in [5.41, 5.74) is 3.10. The molecule has 0 saturated heterocycles. The summed E-state index contributed by atoms with van der Waals surface area (Å²) >= 11 is 1.65. The second-order valence-electron chi connectivity index (χ2n) is 5.45. The van der Waals surface area contributed by atoms with E-state index in [-0.39, 0.29) is 0 Å². The largest absolute Gasteiger partial charge is 0.333 e. The van der Waals surface area contributed by atoms with E-state index in [1.54, 1.807) is 11.3 Å². The van der Waals surface area contributed by atoms with Gasteiger partial charge in [0.2, 0.25) is 5.82 Å². The van der Waals surface area contributed by atoms with Crippen molar-refractivity contribution in [3.05, 3.63) is 53.5 Å². The van der Waals surface area contributed by atoms with Gasteiger partial charge in [0.25, 0.3) is 5.89 Å². The lowest BCUT2D eigenvalue weighted by Gasteiger charge is -2.05. The molecule has 0 radical (unpaired) electrons. The van der Waals surface area contributed by atoms with Crippen LogP contribution in [0.1, 0.15) is 11.8 Å². The quantitative estimate of drug-likeness (QED) is 0.544. The van der Waals surface area contributed by atoms with E-state index in [1.807, 2.05) is 35.1 Å². The first kappa shape index (κ1) is 14.8. The van der Waals surface area contributed by atoms with E-state index in [0.717, 1.165) is 28.2 Å². The molecule has 0 aliphatic heterocycles. The lowest BCUT2D eigenvalue weighted by molar-refractivity contribution is 0.433. The maximum Gasteiger partial charge on any atom is 0.268 e. The maximum atomic E-state index is 5.43. The lowest BCUT2D eigenvalue weighted by atomic mass is 10.1. The summed E-state index contributed by atoms with van der Waals surface area (Å²) in [6.07, 6.45) is 1.82. The minimum Gasteiger partial charge on any atom is -0.333 e. The summed E-state index contributed by atoms with van der Waals surface area (Å²) in [4.78, 5) is 6.75. The van der Waals surface area contributed by atoms with Crippen molar-refractivity contribution in [2.45, 2.75) is 20.4 Å². The Morgan fingerprint density at radius 2 is 2.00 bits per heavy atom. The van der Waals surface area contributed by atoms with Gasteiger partial charge < -0.3 is 4.52 Å². The highest BCUT2D eigenvalue weighted by Crippen LogP contribution is 2.29. The monoisotopic (exact) mass is 336 g/mol. The van der Waals surface area contributed by atoms with Crippen LogP contribution in [0.2, 0.25) is 0 Å². The van der Waals surface area contributed by atoms with Gasteiger partial charge in [-0.3, -0.25) is 4.68 Å². The van der Waals surface area contributed by atoms with E-state index in [4.69, 9.17) is 4.52 Å². The van der Waals surface area contributed by atoms with Gasteiger partial charge in [-0.15, -0.1) is 11.3 Å². The molecule has 0 N–H and O–H groups in total. The molecular weight excluding hydrogens is 320 g/mol. The molecule has 0 spiro atoms. The third-order valence-corrected chi connectivity index (χ3v) is 4.80. The van der Waals surface area contributed by atoms with Crippen LogP contribution < -0.4 is 0 Å². The molecule has 0 unspecified atom stereocenters. The average molecular weight is 336 g/mol. The van der Waals surface area contributed by atoms with Crippen LogP contribution >= 0.6 is 11.3 Å². The van der Waals surface area contributed by atoms with Gasteiger partial charge >= 0.3 is 0 Å². The third-order valence-electron chi connectivity index (χ3n) is 3.81. The van der Waals surface area contributed by atoms with Crippen LogP contribution in [0, 0.1) is 6.92 Å². The molecule has 0 amide bonds. The summed E-state index contributed by atoms with van der Waals surface area (Å²) < 4.78 is 7.39. The van der Waals surface area contributed by atoms with Gasteiger partial charge in [-0.2, -0.15) is 10.1 Å².